The average molecular weight is 377 g/mol. The van der Waals surface area contributed by atoms with E-state index < -0.39 is 0 Å². The molecule has 3 heterocycles. The summed E-state index contributed by atoms with van der Waals surface area (Å²) in [5, 5.41) is 1.36. The summed E-state index contributed by atoms with van der Waals surface area (Å²) in [5.74, 6) is 0.317. The molecule has 2 aliphatic rings. The van der Waals surface area contributed by atoms with E-state index in [1.807, 2.05) is 17.4 Å². The largest absolute Gasteiger partial charge is 0.361 e. The first-order valence-electron chi connectivity index (χ1n) is 9.91. The maximum absolute atomic E-state index is 12.3. The van der Waals surface area contributed by atoms with Crippen LogP contribution in [0.5, 0.6) is 0 Å². The van der Waals surface area contributed by atoms with E-state index in [0.717, 1.165) is 38.0 Å². The zero-order valence-corrected chi connectivity index (χ0v) is 16.3. The van der Waals surface area contributed by atoms with Crippen molar-refractivity contribution in [1.82, 2.24) is 9.88 Å². The number of aromatic amines is 1. The van der Waals surface area contributed by atoms with Crippen LogP contribution in [0.3, 0.4) is 0 Å². The second-order valence-corrected chi connectivity index (χ2v) is 8.75. The molecule has 27 heavy (non-hydrogen) atoms. The predicted octanol–water partition coefficient (Wildman–Crippen LogP) is 5.21. The number of nitrogens with zero attached hydrogens (tertiary/aromatic N) is 1. The van der Waals surface area contributed by atoms with Gasteiger partial charge in [0.15, 0.2) is 5.78 Å². The van der Waals surface area contributed by atoms with Gasteiger partial charge in [0, 0.05) is 51.9 Å². The van der Waals surface area contributed by atoms with E-state index >= 15 is 0 Å². The highest BCUT2D eigenvalue weighted by Crippen LogP contribution is 2.36. The van der Waals surface area contributed by atoms with Gasteiger partial charge >= 0.3 is 0 Å². The highest BCUT2D eigenvalue weighted by atomic mass is 32.1. The fraction of sp³-hybridized carbons (Fsp3) is 0.348. The molecular formula is C23H24N2OS. The molecule has 138 valence electrons. The van der Waals surface area contributed by atoms with Crippen LogP contribution in [0.1, 0.15) is 50.5 Å². The van der Waals surface area contributed by atoms with E-state index in [2.05, 4.69) is 46.4 Å². The van der Waals surface area contributed by atoms with Crippen LogP contribution in [0, 0.1) is 0 Å². The number of hydrogen-bond donors (Lipinski definition) is 1. The number of benzene rings is 1. The summed E-state index contributed by atoms with van der Waals surface area (Å²) in [6.07, 6.45) is 11.5. The van der Waals surface area contributed by atoms with E-state index in [-0.39, 0.29) is 0 Å². The fourth-order valence-corrected chi connectivity index (χ4v) is 5.80. The Hall–Kier alpha value is -2.17. The van der Waals surface area contributed by atoms with Gasteiger partial charge in [0.25, 0.3) is 0 Å². The van der Waals surface area contributed by atoms with Crippen molar-refractivity contribution in [2.24, 2.45) is 0 Å². The number of H-pyrrole nitrogens is 1. The van der Waals surface area contributed by atoms with E-state index in [1.54, 1.807) is 0 Å². The number of aryl methyl sites for hydroxylation is 1. The van der Waals surface area contributed by atoms with Crippen LogP contribution in [0.25, 0.3) is 17.0 Å². The van der Waals surface area contributed by atoms with Gasteiger partial charge in [-0.1, -0.05) is 24.3 Å². The maximum Gasteiger partial charge on any atom is 0.168 e. The number of ketones is 1. The van der Waals surface area contributed by atoms with Crippen molar-refractivity contribution >= 4 is 34.1 Å². The second kappa shape index (κ2) is 7.10. The SMILES string of the molecule is O=C1CC=Cc2sc3c(c21)CCN(CCCCc1c[nH]c2ccccc12)C3. The summed E-state index contributed by atoms with van der Waals surface area (Å²) in [4.78, 5) is 20.8. The number of allylic oxidation sites excluding steroid dienone is 1. The molecule has 0 saturated carbocycles. The topological polar surface area (TPSA) is 36.1 Å². The van der Waals surface area contributed by atoms with Crippen LogP contribution in [0.15, 0.2) is 36.5 Å². The van der Waals surface area contributed by atoms with Gasteiger partial charge in [-0.3, -0.25) is 9.69 Å². The van der Waals surface area contributed by atoms with Crippen molar-refractivity contribution in [2.45, 2.75) is 38.6 Å². The molecule has 0 radical (unpaired) electrons. The Kier molecular flexibility index (Phi) is 4.46. The number of hydrogen-bond acceptors (Lipinski definition) is 3. The molecule has 1 aromatic carbocycles. The van der Waals surface area contributed by atoms with Gasteiger partial charge in [-0.25, -0.2) is 0 Å². The van der Waals surface area contributed by atoms with Crippen molar-refractivity contribution in [3.63, 3.8) is 0 Å². The Bertz CT molecular complexity index is 1030. The molecule has 5 rings (SSSR count). The third-order valence-electron chi connectivity index (χ3n) is 5.86. The molecule has 0 atom stereocenters. The molecule has 1 aliphatic heterocycles. The van der Waals surface area contributed by atoms with Crippen molar-refractivity contribution in [1.29, 1.82) is 0 Å². The molecule has 0 spiro atoms. The molecule has 1 N–H and O–H groups in total. The standard InChI is InChI=1S/C23H24N2OS/c26-20-9-5-10-21-23(20)18-11-13-25(15-22(18)27-21)12-4-3-6-16-14-24-19-8-2-1-7-17(16)19/h1-2,5,7-8,10,14,24H,3-4,6,9,11-13,15H2. The Morgan fingerprint density at radius 3 is 3.07 bits per heavy atom. The molecule has 1 aliphatic carbocycles. The van der Waals surface area contributed by atoms with Crippen LogP contribution in [-0.4, -0.2) is 28.8 Å². The zero-order chi connectivity index (χ0) is 18.2. The van der Waals surface area contributed by atoms with E-state index in [1.165, 1.54) is 44.6 Å². The Morgan fingerprint density at radius 2 is 2.11 bits per heavy atom. The molecule has 4 heteroatoms. The third-order valence-corrected chi connectivity index (χ3v) is 7.04. The quantitative estimate of drug-likeness (QED) is 0.621. The molecule has 2 aromatic heterocycles. The first-order valence-corrected chi connectivity index (χ1v) is 10.7. The molecule has 0 unspecified atom stereocenters. The highest BCUT2D eigenvalue weighted by molar-refractivity contribution is 7.13. The lowest BCUT2D eigenvalue weighted by Crippen LogP contribution is -2.31. The zero-order valence-electron chi connectivity index (χ0n) is 15.5. The average Bonchev–Trinajstić information content (AvgIpc) is 3.27. The number of aromatic nitrogens is 1. The van der Waals surface area contributed by atoms with Crippen molar-refractivity contribution < 1.29 is 4.79 Å². The van der Waals surface area contributed by atoms with Gasteiger partial charge < -0.3 is 4.98 Å². The van der Waals surface area contributed by atoms with Gasteiger partial charge in [-0.15, -0.1) is 11.3 Å². The third kappa shape index (κ3) is 3.17. The van der Waals surface area contributed by atoms with Gasteiger partial charge in [-0.05, 0) is 55.5 Å². The minimum absolute atomic E-state index is 0.317. The van der Waals surface area contributed by atoms with E-state index in [4.69, 9.17) is 0 Å². The molecular weight excluding hydrogens is 352 g/mol. The Labute approximate surface area is 163 Å². The van der Waals surface area contributed by atoms with Crippen LogP contribution < -0.4 is 0 Å². The lowest BCUT2D eigenvalue weighted by molar-refractivity contribution is 0.0993. The molecule has 0 fully saturated rings. The smallest absolute Gasteiger partial charge is 0.168 e. The first-order chi connectivity index (χ1) is 13.3. The summed E-state index contributed by atoms with van der Waals surface area (Å²) < 4.78 is 0. The lowest BCUT2D eigenvalue weighted by atomic mass is 9.94. The number of fused-ring (bicyclic) bond motifs is 4. The van der Waals surface area contributed by atoms with E-state index in [9.17, 15) is 4.79 Å². The number of carbonyl (C=O) groups is 1. The summed E-state index contributed by atoms with van der Waals surface area (Å²) in [6, 6.07) is 8.55. The molecule has 3 aromatic rings. The number of unbranched alkanes of at least 4 members (excludes halogenated alkanes) is 1. The Morgan fingerprint density at radius 1 is 1.19 bits per heavy atom. The summed E-state index contributed by atoms with van der Waals surface area (Å²) in [5.41, 5.74) is 5.06. The minimum Gasteiger partial charge on any atom is -0.361 e. The van der Waals surface area contributed by atoms with Gasteiger partial charge in [-0.2, -0.15) is 0 Å². The number of Topliss-reactive ketones (excluding diaryl/α,β-unsaturated/α-hetero) is 1. The maximum atomic E-state index is 12.3. The molecule has 0 amide bonds. The van der Waals surface area contributed by atoms with Crippen LogP contribution in [-0.2, 0) is 19.4 Å². The monoisotopic (exact) mass is 376 g/mol. The van der Waals surface area contributed by atoms with Crippen LogP contribution in [0.2, 0.25) is 0 Å². The fourth-order valence-electron chi connectivity index (χ4n) is 4.46. The molecule has 0 bridgehead atoms. The van der Waals surface area contributed by atoms with Crippen molar-refractivity contribution in [2.75, 3.05) is 13.1 Å². The minimum atomic E-state index is 0.317. The lowest BCUT2D eigenvalue weighted by Gasteiger charge is -2.27. The number of para-hydroxylation sites is 1. The second-order valence-electron chi connectivity index (χ2n) is 7.62. The summed E-state index contributed by atoms with van der Waals surface area (Å²) >= 11 is 1.83. The highest BCUT2D eigenvalue weighted by Gasteiger charge is 2.27. The van der Waals surface area contributed by atoms with Gasteiger partial charge in [0.05, 0.1) is 0 Å². The van der Waals surface area contributed by atoms with Crippen LogP contribution in [0.4, 0.5) is 0 Å². The predicted molar refractivity (Wildman–Crippen MR) is 113 cm³/mol. The number of carbonyl (C=O) groups excluding carboxylic acids is 1. The number of thiophene rings is 1. The summed E-state index contributed by atoms with van der Waals surface area (Å²) in [6.45, 7) is 3.25. The van der Waals surface area contributed by atoms with Crippen molar-refractivity contribution in [3.8, 4) is 0 Å². The Balaban J connectivity index is 1.18. The molecule has 3 nitrogen and oxygen atoms in total. The normalized spacial score (nSPS) is 16.7. The van der Waals surface area contributed by atoms with Gasteiger partial charge in [0.1, 0.15) is 0 Å². The first kappa shape index (κ1) is 17.0. The summed E-state index contributed by atoms with van der Waals surface area (Å²) in [7, 11) is 0. The van der Waals surface area contributed by atoms with E-state index in [0.29, 0.717) is 12.2 Å². The number of nitrogens with one attached hydrogen (secondary N) is 1. The van der Waals surface area contributed by atoms with Crippen molar-refractivity contribution in [3.05, 3.63) is 63.0 Å². The number of rotatable bonds is 5. The van der Waals surface area contributed by atoms with Crippen LogP contribution >= 0.6 is 11.3 Å². The van der Waals surface area contributed by atoms with Gasteiger partial charge in [0.2, 0.25) is 0 Å². The molecule has 0 saturated heterocycles.